The molecular weight excluding hydrogens is 244 g/mol. The van der Waals surface area contributed by atoms with E-state index >= 15 is 0 Å². The van der Waals surface area contributed by atoms with Crippen molar-refractivity contribution in [3.8, 4) is 0 Å². The van der Waals surface area contributed by atoms with Gasteiger partial charge in [0.05, 0.1) is 6.54 Å². The quantitative estimate of drug-likeness (QED) is 0.299. The van der Waals surface area contributed by atoms with Gasteiger partial charge in [-0.1, -0.05) is 23.4 Å². The van der Waals surface area contributed by atoms with Crippen LogP contribution in [-0.4, -0.2) is 42.0 Å². The Balaban J connectivity index is 2.52. The van der Waals surface area contributed by atoms with Gasteiger partial charge in [-0.3, -0.25) is 4.79 Å². The fourth-order valence-corrected chi connectivity index (χ4v) is 1.52. The third-order valence-electron chi connectivity index (χ3n) is 2.84. The Labute approximate surface area is 112 Å². The van der Waals surface area contributed by atoms with Crippen molar-refractivity contribution in [1.82, 2.24) is 10.2 Å². The van der Waals surface area contributed by atoms with Crippen molar-refractivity contribution < 1.29 is 10.0 Å². The van der Waals surface area contributed by atoms with E-state index in [0.717, 1.165) is 5.56 Å². The number of carbonyl (C=O) groups is 1. The summed E-state index contributed by atoms with van der Waals surface area (Å²) in [4.78, 5) is 13.2. The van der Waals surface area contributed by atoms with Gasteiger partial charge in [-0.05, 0) is 18.6 Å². The molecule has 0 unspecified atom stereocenters. The number of benzene rings is 1. The average Bonchev–Trinajstić information content (AvgIpc) is 2.45. The SMILES string of the molecule is CCN(C)C(=O)CNCc1cccc(/C(N)=N/O)c1. The number of hydrogen-bond donors (Lipinski definition) is 3. The average molecular weight is 264 g/mol. The lowest BCUT2D eigenvalue weighted by Crippen LogP contribution is -2.35. The van der Waals surface area contributed by atoms with E-state index in [1.165, 1.54) is 0 Å². The summed E-state index contributed by atoms with van der Waals surface area (Å²) in [6, 6.07) is 7.31. The maximum atomic E-state index is 11.6. The Hall–Kier alpha value is -2.08. The molecule has 4 N–H and O–H groups in total. The van der Waals surface area contributed by atoms with E-state index in [1.807, 2.05) is 25.1 Å². The van der Waals surface area contributed by atoms with Crippen molar-refractivity contribution in [1.29, 1.82) is 0 Å². The van der Waals surface area contributed by atoms with Crippen molar-refractivity contribution in [3.05, 3.63) is 35.4 Å². The molecule has 1 aromatic rings. The first-order valence-corrected chi connectivity index (χ1v) is 6.10. The molecule has 0 atom stereocenters. The standard InChI is InChI=1S/C13H20N4O2/c1-3-17(2)12(18)9-15-8-10-5-4-6-11(7-10)13(14)16-19/h4-7,15,19H,3,8-9H2,1-2H3,(H2,14,16). The maximum absolute atomic E-state index is 11.6. The summed E-state index contributed by atoms with van der Waals surface area (Å²) in [7, 11) is 1.77. The van der Waals surface area contributed by atoms with Crippen LogP contribution in [0.25, 0.3) is 0 Å². The topological polar surface area (TPSA) is 91.0 Å². The van der Waals surface area contributed by atoms with Gasteiger partial charge in [-0.25, -0.2) is 0 Å². The molecule has 0 saturated heterocycles. The van der Waals surface area contributed by atoms with E-state index in [4.69, 9.17) is 10.9 Å². The van der Waals surface area contributed by atoms with Crippen LogP contribution in [0.3, 0.4) is 0 Å². The fourth-order valence-electron chi connectivity index (χ4n) is 1.52. The molecule has 6 nitrogen and oxygen atoms in total. The molecule has 0 aliphatic carbocycles. The first kappa shape index (κ1) is 15.0. The molecule has 1 rings (SSSR count). The normalized spacial score (nSPS) is 11.4. The zero-order chi connectivity index (χ0) is 14.3. The summed E-state index contributed by atoms with van der Waals surface area (Å²) >= 11 is 0. The second-order valence-corrected chi connectivity index (χ2v) is 4.20. The van der Waals surface area contributed by atoms with Crippen LogP contribution in [0, 0.1) is 0 Å². The first-order valence-electron chi connectivity index (χ1n) is 6.10. The van der Waals surface area contributed by atoms with Gasteiger partial charge in [0.1, 0.15) is 0 Å². The second-order valence-electron chi connectivity index (χ2n) is 4.20. The van der Waals surface area contributed by atoms with Crippen molar-refractivity contribution in [2.45, 2.75) is 13.5 Å². The number of hydrogen-bond acceptors (Lipinski definition) is 4. The zero-order valence-corrected chi connectivity index (χ0v) is 11.3. The van der Waals surface area contributed by atoms with Crippen LogP contribution in [-0.2, 0) is 11.3 Å². The highest BCUT2D eigenvalue weighted by Gasteiger charge is 2.06. The van der Waals surface area contributed by atoms with Gasteiger partial charge in [-0.2, -0.15) is 0 Å². The van der Waals surface area contributed by atoms with Gasteiger partial charge < -0.3 is 21.2 Å². The number of nitrogens with one attached hydrogen (secondary N) is 1. The molecule has 1 amide bonds. The number of nitrogens with two attached hydrogens (primary N) is 1. The van der Waals surface area contributed by atoms with Gasteiger partial charge >= 0.3 is 0 Å². The van der Waals surface area contributed by atoms with Crippen LogP contribution in [0.2, 0.25) is 0 Å². The number of amidine groups is 1. The molecule has 104 valence electrons. The minimum absolute atomic E-state index is 0.0510. The predicted octanol–water partition coefficient (Wildman–Crippen LogP) is 0.349. The predicted molar refractivity (Wildman–Crippen MR) is 74.0 cm³/mol. The molecule has 0 fully saturated rings. The van der Waals surface area contributed by atoms with E-state index < -0.39 is 0 Å². The molecule has 6 heteroatoms. The molecule has 0 spiro atoms. The van der Waals surface area contributed by atoms with Crippen LogP contribution in [0.15, 0.2) is 29.4 Å². The smallest absolute Gasteiger partial charge is 0.236 e. The molecule has 0 heterocycles. The largest absolute Gasteiger partial charge is 0.409 e. The van der Waals surface area contributed by atoms with Crippen molar-refractivity contribution in [2.75, 3.05) is 20.1 Å². The lowest BCUT2D eigenvalue weighted by molar-refractivity contribution is -0.128. The number of rotatable bonds is 6. The highest BCUT2D eigenvalue weighted by molar-refractivity contribution is 5.97. The van der Waals surface area contributed by atoms with Crippen LogP contribution in [0.5, 0.6) is 0 Å². The molecular formula is C13H20N4O2. The summed E-state index contributed by atoms with van der Waals surface area (Å²) in [5.74, 6) is 0.124. The summed E-state index contributed by atoms with van der Waals surface area (Å²) in [6.45, 7) is 3.46. The van der Waals surface area contributed by atoms with Crippen molar-refractivity contribution in [2.24, 2.45) is 10.9 Å². The van der Waals surface area contributed by atoms with Gasteiger partial charge in [0.2, 0.25) is 5.91 Å². The lowest BCUT2D eigenvalue weighted by Gasteiger charge is -2.14. The molecule has 0 aromatic heterocycles. The van der Waals surface area contributed by atoms with E-state index in [9.17, 15) is 4.79 Å². The van der Waals surface area contributed by atoms with E-state index in [-0.39, 0.29) is 18.3 Å². The van der Waals surface area contributed by atoms with Gasteiger partial charge in [-0.15, -0.1) is 0 Å². The number of likely N-dealkylation sites (N-methyl/N-ethyl adjacent to an activating group) is 1. The lowest BCUT2D eigenvalue weighted by atomic mass is 10.1. The zero-order valence-electron chi connectivity index (χ0n) is 11.3. The number of amides is 1. The minimum Gasteiger partial charge on any atom is -0.409 e. The molecule has 1 aromatic carbocycles. The number of nitrogens with zero attached hydrogens (tertiary/aromatic N) is 2. The summed E-state index contributed by atoms with van der Waals surface area (Å²) in [5.41, 5.74) is 7.14. The Morgan fingerprint density at radius 1 is 1.53 bits per heavy atom. The molecule has 0 aliphatic heterocycles. The van der Waals surface area contributed by atoms with E-state index in [1.54, 1.807) is 18.0 Å². The first-order chi connectivity index (χ1) is 9.08. The second kappa shape index (κ2) is 7.38. The molecule has 0 aliphatic rings. The summed E-state index contributed by atoms with van der Waals surface area (Å²) in [5, 5.41) is 14.6. The van der Waals surface area contributed by atoms with Crippen LogP contribution < -0.4 is 11.1 Å². The van der Waals surface area contributed by atoms with Crippen LogP contribution in [0.1, 0.15) is 18.1 Å². The maximum Gasteiger partial charge on any atom is 0.236 e. The third kappa shape index (κ3) is 4.59. The number of oxime groups is 1. The molecule has 0 bridgehead atoms. The third-order valence-corrected chi connectivity index (χ3v) is 2.84. The summed E-state index contributed by atoms with van der Waals surface area (Å²) in [6.07, 6.45) is 0. The van der Waals surface area contributed by atoms with Crippen LogP contribution >= 0.6 is 0 Å². The molecule has 0 saturated carbocycles. The Morgan fingerprint density at radius 3 is 2.89 bits per heavy atom. The number of carbonyl (C=O) groups excluding carboxylic acids is 1. The van der Waals surface area contributed by atoms with Crippen molar-refractivity contribution in [3.63, 3.8) is 0 Å². The molecule has 19 heavy (non-hydrogen) atoms. The van der Waals surface area contributed by atoms with Crippen LogP contribution in [0.4, 0.5) is 0 Å². The van der Waals surface area contributed by atoms with Gasteiger partial charge in [0, 0.05) is 25.7 Å². The van der Waals surface area contributed by atoms with E-state index in [0.29, 0.717) is 18.7 Å². The molecule has 0 radical (unpaired) electrons. The highest BCUT2D eigenvalue weighted by atomic mass is 16.4. The van der Waals surface area contributed by atoms with Gasteiger partial charge in [0.15, 0.2) is 5.84 Å². The Bertz CT molecular complexity index is 460. The fraction of sp³-hybridized carbons (Fsp3) is 0.385. The minimum atomic E-state index is 0.0510. The monoisotopic (exact) mass is 264 g/mol. The van der Waals surface area contributed by atoms with Crippen molar-refractivity contribution >= 4 is 11.7 Å². The van der Waals surface area contributed by atoms with Gasteiger partial charge in [0.25, 0.3) is 0 Å². The highest BCUT2D eigenvalue weighted by Crippen LogP contribution is 2.04. The Morgan fingerprint density at radius 2 is 2.26 bits per heavy atom. The van der Waals surface area contributed by atoms with E-state index in [2.05, 4.69) is 10.5 Å². The Kier molecular flexibility index (Phi) is 5.81. The summed E-state index contributed by atoms with van der Waals surface area (Å²) < 4.78 is 0.